The van der Waals surface area contributed by atoms with Crippen LogP contribution in [0.2, 0.25) is 0 Å². The molecule has 0 radical (unpaired) electrons. The highest BCUT2D eigenvalue weighted by atomic mass is 79.9. The lowest BCUT2D eigenvalue weighted by atomic mass is 9.94. The van der Waals surface area contributed by atoms with Crippen molar-refractivity contribution in [1.29, 1.82) is 5.26 Å². The lowest BCUT2D eigenvalue weighted by Gasteiger charge is -2.10. The van der Waals surface area contributed by atoms with E-state index in [4.69, 9.17) is 0 Å². The summed E-state index contributed by atoms with van der Waals surface area (Å²) in [5.41, 5.74) is 2.41. The number of halogens is 1. The van der Waals surface area contributed by atoms with E-state index < -0.39 is 0 Å². The van der Waals surface area contributed by atoms with Crippen molar-refractivity contribution in [3.63, 3.8) is 0 Å². The Morgan fingerprint density at radius 3 is 2.28 bits per heavy atom. The van der Waals surface area contributed by atoms with Gasteiger partial charge >= 0.3 is 0 Å². The molecule has 0 fully saturated rings. The first kappa shape index (κ1) is 12.9. The minimum atomic E-state index is 0.0195. The number of benzene rings is 2. The average Bonchev–Trinajstić information content (AvgIpc) is 2.41. The Morgan fingerprint density at radius 1 is 0.944 bits per heavy atom. The van der Waals surface area contributed by atoms with Gasteiger partial charge in [-0.25, -0.2) is 0 Å². The van der Waals surface area contributed by atoms with Gasteiger partial charge in [0.2, 0.25) is 0 Å². The van der Waals surface area contributed by atoms with Gasteiger partial charge in [-0.15, -0.1) is 0 Å². The minimum absolute atomic E-state index is 0.0195. The van der Waals surface area contributed by atoms with Gasteiger partial charge in [-0.1, -0.05) is 64.5 Å². The summed E-state index contributed by atoms with van der Waals surface area (Å²) in [4.78, 5) is 0. The van der Waals surface area contributed by atoms with Crippen LogP contribution >= 0.6 is 15.9 Å². The monoisotopic (exact) mass is 299 g/mol. The number of rotatable bonds is 4. The topological polar surface area (TPSA) is 23.8 Å². The normalized spacial score (nSPS) is 11.8. The molecule has 18 heavy (non-hydrogen) atoms. The lowest BCUT2D eigenvalue weighted by Crippen LogP contribution is -2.06. The third kappa shape index (κ3) is 3.45. The molecule has 0 heterocycles. The molecular formula is C16H14BrN. The summed E-state index contributed by atoms with van der Waals surface area (Å²) in [6, 6.07) is 20.7. The maximum atomic E-state index is 9.27. The van der Waals surface area contributed by atoms with Crippen molar-refractivity contribution in [2.24, 2.45) is 5.92 Å². The van der Waals surface area contributed by atoms with Crippen molar-refractivity contribution in [1.82, 2.24) is 0 Å². The fourth-order valence-electron chi connectivity index (χ4n) is 1.99. The van der Waals surface area contributed by atoms with Crippen molar-refractivity contribution in [3.05, 3.63) is 70.2 Å². The summed E-state index contributed by atoms with van der Waals surface area (Å²) in [7, 11) is 0. The third-order valence-electron chi connectivity index (χ3n) is 2.93. The summed E-state index contributed by atoms with van der Waals surface area (Å²) in [5.74, 6) is 0.0195. The Hall–Kier alpha value is -1.59. The van der Waals surface area contributed by atoms with Crippen LogP contribution in [0.5, 0.6) is 0 Å². The molecule has 2 heteroatoms. The van der Waals surface area contributed by atoms with E-state index in [1.807, 2.05) is 36.4 Å². The maximum absolute atomic E-state index is 9.27. The number of hydrogen-bond donors (Lipinski definition) is 0. The second-order valence-electron chi connectivity index (χ2n) is 4.31. The average molecular weight is 300 g/mol. The molecule has 1 atom stereocenters. The van der Waals surface area contributed by atoms with Gasteiger partial charge in [-0.2, -0.15) is 5.26 Å². The minimum Gasteiger partial charge on any atom is -0.198 e. The van der Waals surface area contributed by atoms with Crippen LogP contribution in [0.3, 0.4) is 0 Å². The molecule has 0 aliphatic rings. The van der Waals surface area contributed by atoms with Crippen LogP contribution in [0.15, 0.2) is 59.1 Å². The van der Waals surface area contributed by atoms with Crippen LogP contribution in [0.1, 0.15) is 11.1 Å². The lowest BCUT2D eigenvalue weighted by molar-refractivity contribution is 0.656. The second kappa shape index (κ2) is 6.37. The predicted octanol–water partition coefficient (Wildman–Crippen LogP) is 4.37. The molecular weight excluding hydrogens is 286 g/mol. The number of hydrogen-bond acceptors (Lipinski definition) is 1. The van der Waals surface area contributed by atoms with Crippen molar-refractivity contribution in [2.45, 2.75) is 12.8 Å². The zero-order valence-electron chi connectivity index (χ0n) is 10.0. The Balaban J connectivity index is 2.07. The molecule has 0 bridgehead atoms. The van der Waals surface area contributed by atoms with E-state index in [9.17, 15) is 5.26 Å². The van der Waals surface area contributed by atoms with E-state index >= 15 is 0 Å². The Kier molecular flexibility index (Phi) is 4.55. The molecule has 1 unspecified atom stereocenters. The quantitative estimate of drug-likeness (QED) is 0.822. The fraction of sp³-hybridized carbons (Fsp3) is 0.188. The summed E-state index contributed by atoms with van der Waals surface area (Å²) in [5, 5.41) is 9.27. The van der Waals surface area contributed by atoms with Crippen LogP contribution < -0.4 is 0 Å². The van der Waals surface area contributed by atoms with Crippen molar-refractivity contribution < 1.29 is 0 Å². The van der Waals surface area contributed by atoms with Gasteiger partial charge in [0.25, 0.3) is 0 Å². The Morgan fingerprint density at radius 2 is 1.61 bits per heavy atom. The standard InChI is InChI=1S/C16H14BrN/c17-16-9-5-4-8-15(16)11-14(12-18)10-13-6-2-1-3-7-13/h1-9,14H,10-11H2. The van der Waals surface area contributed by atoms with Crippen molar-refractivity contribution in [3.8, 4) is 6.07 Å². The molecule has 2 aromatic carbocycles. The molecule has 1 nitrogen and oxygen atoms in total. The molecule has 0 aromatic heterocycles. The molecule has 0 N–H and O–H groups in total. The smallest absolute Gasteiger partial charge is 0.0662 e. The number of nitrogens with zero attached hydrogens (tertiary/aromatic N) is 1. The van der Waals surface area contributed by atoms with E-state index in [0.717, 1.165) is 17.3 Å². The zero-order valence-corrected chi connectivity index (χ0v) is 11.6. The summed E-state index contributed by atoms with van der Waals surface area (Å²) < 4.78 is 1.08. The van der Waals surface area contributed by atoms with Crippen LogP contribution in [-0.2, 0) is 12.8 Å². The highest BCUT2D eigenvalue weighted by Crippen LogP contribution is 2.21. The van der Waals surface area contributed by atoms with Crippen LogP contribution in [0.4, 0.5) is 0 Å². The first-order chi connectivity index (χ1) is 8.79. The van der Waals surface area contributed by atoms with E-state index in [2.05, 4.69) is 40.2 Å². The molecule has 0 saturated heterocycles. The van der Waals surface area contributed by atoms with E-state index in [0.29, 0.717) is 0 Å². The van der Waals surface area contributed by atoms with Gasteiger partial charge in [0.1, 0.15) is 0 Å². The zero-order chi connectivity index (χ0) is 12.8. The summed E-state index contributed by atoms with van der Waals surface area (Å²) >= 11 is 3.53. The largest absolute Gasteiger partial charge is 0.198 e. The first-order valence-electron chi connectivity index (χ1n) is 5.96. The van der Waals surface area contributed by atoms with Gasteiger partial charge < -0.3 is 0 Å². The molecule has 2 aromatic rings. The van der Waals surface area contributed by atoms with Gasteiger partial charge in [-0.3, -0.25) is 0 Å². The van der Waals surface area contributed by atoms with E-state index in [1.165, 1.54) is 11.1 Å². The molecule has 0 saturated carbocycles. The predicted molar refractivity (Wildman–Crippen MR) is 77.1 cm³/mol. The molecule has 90 valence electrons. The van der Waals surface area contributed by atoms with Crippen LogP contribution in [-0.4, -0.2) is 0 Å². The summed E-state index contributed by atoms with van der Waals surface area (Å²) in [6.45, 7) is 0. The highest BCUT2D eigenvalue weighted by molar-refractivity contribution is 9.10. The second-order valence-corrected chi connectivity index (χ2v) is 5.17. The summed E-state index contributed by atoms with van der Waals surface area (Å²) in [6.07, 6.45) is 1.59. The molecule has 0 spiro atoms. The SMILES string of the molecule is N#CC(Cc1ccccc1)Cc1ccccc1Br. The Labute approximate surface area is 116 Å². The molecule has 2 rings (SSSR count). The highest BCUT2D eigenvalue weighted by Gasteiger charge is 2.11. The van der Waals surface area contributed by atoms with Gasteiger partial charge in [0.15, 0.2) is 0 Å². The fourth-order valence-corrected chi connectivity index (χ4v) is 2.44. The molecule has 0 aliphatic heterocycles. The van der Waals surface area contributed by atoms with E-state index in [-0.39, 0.29) is 5.92 Å². The van der Waals surface area contributed by atoms with Crippen molar-refractivity contribution >= 4 is 15.9 Å². The van der Waals surface area contributed by atoms with Crippen LogP contribution in [0, 0.1) is 17.2 Å². The van der Waals surface area contributed by atoms with Gasteiger partial charge in [0.05, 0.1) is 12.0 Å². The van der Waals surface area contributed by atoms with Crippen molar-refractivity contribution in [2.75, 3.05) is 0 Å². The van der Waals surface area contributed by atoms with Gasteiger partial charge in [-0.05, 0) is 30.0 Å². The van der Waals surface area contributed by atoms with Gasteiger partial charge in [0, 0.05) is 4.47 Å². The Bertz CT molecular complexity index is 543. The van der Waals surface area contributed by atoms with Crippen LogP contribution in [0.25, 0.3) is 0 Å². The molecule has 0 amide bonds. The first-order valence-corrected chi connectivity index (χ1v) is 6.76. The maximum Gasteiger partial charge on any atom is 0.0662 e. The third-order valence-corrected chi connectivity index (χ3v) is 3.71. The number of nitriles is 1. The van der Waals surface area contributed by atoms with E-state index in [1.54, 1.807) is 0 Å². The molecule has 0 aliphatic carbocycles.